The summed E-state index contributed by atoms with van der Waals surface area (Å²) in [6, 6.07) is 0.00912. The number of carbonyl (C=O) groups excluding carboxylic acids is 1. The van der Waals surface area contributed by atoms with E-state index in [1.54, 1.807) is 0 Å². The molecular formula is C9H20N2O2. The van der Waals surface area contributed by atoms with E-state index in [0.29, 0.717) is 0 Å². The molecule has 4 nitrogen and oxygen atoms in total. The number of hydrazine groups is 1. The van der Waals surface area contributed by atoms with Crippen LogP contribution in [0.4, 0.5) is 4.79 Å². The van der Waals surface area contributed by atoms with Crippen molar-refractivity contribution in [1.82, 2.24) is 5.01 Å². The maximum absolute atomic E-state index is 11.3. The van der Waals surface area contributed by atoms with E-state index in [0.717, 1.165) is 11.4 Å². The molecule has 0 aliphatic carbocycles. The second-order valence-electron chi connectivity index (χ2n) is 4.14. The van der Waals surface area contributed by atoms with E-state index < -0.39 is 11.7 Å². The number of rotatable bonds is 2. The Hall–Kier alpha value is -0.770. The first-order chi connectivity index (χ1) is 5.78. The number of carbonyl (C=O) groups is 1. The van der Waals surface area contributed by atoms with Crippen LogP contribution < -0.4 is 5.84 Å². The van der Waals surface area contributed by atoms with Gasteiger partial charge in [0.15, 0.2) is 0 Å². The lowest BCUT2D eigenvalue weighted by atomic mass is 10.2. The lowest BCUT2D eigenvalue weighted by molar-refractivity contribution is 0.0170. The molecule has 0 fully saturated rings. The fourth-order valence-corrected chi connectivity index (χ4v) is 0.691. The topological polar surface area (TPSA) is 55.6 Å². The molecule has 0 saturated heterocycles. The average Bonchev–Trinajstić information content (AvgIpc) is 1.98. The maximum atomic E-state index is 11.3. The Morgan fingerprint density at radius 3 is 2.31 bits per heavy atom. The summed E-state index contributed by atoms with van der Waals surface area (Å²) in [6.45, 7) is 9.29. The zero-order valence-corrected chi connectivity index (χ0v) is 9.13. The summed E-state index contributed by atoms with van der Waals surface area (Å²) in [6.07, 6.45) is 0.345. The van der Waals surface area contributed by atoms with Crippen LogP contribution in [0.3, 0.4) is 0 Å². The van der Waals surface area contributed by atoms with Crippen LogP contribution in [0.1, 0.15) is 41.0 Å². The van der Waals surface area contributed by atoms with Crippen LogP contribution in [0.5, 0.6) is 0 Å². The van der Waals surface area contributed by atoms with E-state index in [4.69, 9.17) is 10.6 Å². The standard InChI is InChI=1S/C9H20N2O2/c1-6-7(2)11(10)8(12)13-9(3,4)5/h7H,6,10H2,1-5H3. The summed E-state index contributed by atoms with van der Waals surface area (Å²) in [5, 5.41) is 1.13. The zero-order chi connectivity index (χ0) is 10.6. The minimum atomic E-state index is -0.484. The van der Waals surface area contributed by atoms with Crippen LogP contribution in [0, 0.1) is 0 Å². The molecule has 0 rings (SSSR count). The smallest absolute Gasteiger partial charge is 0.424 e. The van der Waals surface area contributed by atoms with Crippen molar-refractivity contribution in [3.63, 3.8) is 0 Å². The number of nitrogens with two attached hydrogens (primary N) is 1. The summed E-state index contributed by atoms with van der Waals surface area (Å²) in [4.78, 5) is 11.3. The van der Waals surface area contributed by atoms with Gasteiger partial charge >= 0.3 is 6.09 Å². The van der Waals surface area contributed by atoms with E-state index >= 15 is 0 Å². The van der Waals surface area contributed by atoms with Crippen molar-refractivity contribution < 1.29 is 9.53 Å². The highest BCUT2D eigenvalue weighted by molar-refractivity contribution is 5.67. The fraction of sp³-hybridized carbons (Fsp3) is 0.889. The highest BCUT2D eigenvalue weighted by atomic mass is 16.6. The first kappa shape index (κ1) is 12.2. The number of ether oxygens (including phenoxy) is 1. The largest absolute Gasteiger partial charge is 0.443 e. The molecule has 1 amide bonds. The van der Waals surface area contributed by atoms with Crippen molar-refractivity contribution >= 4 is 6.09 Å². The van der Waals surface area contributed by atoms with Crippen LogP contribution >= 0.6 is 0 Å². The number of amides is 1. The van der Waals surface area contributed by atoms with Crippen molar-refractivity contribution in [2.45, 2.75) is 52.7 Å². The minimum absolute atomic E-state index is 0.00912. The Morgan fingerprint density at radius 1 is 1.54 bits per heavy atom. The molecule has 0 aromatic carbocycles. The molecule has 0 aliphatic heterocycles. The van der Waals surface area contributed by atoms with E-state index in [-0.39, 0.29) is 6.04 Å². The number of hydrogen-bond donors (Lipinski definition) is 1. The van der Waals surface area contributed by atoms with Gasteiger partial charge in [-0.1, -0.05) is 6.92 Å². The molecule has 1 unspecified atom stereocenters. The van der Waals surface area contributed by atoms with Crippen molar-refractivity contribution in [2.75, 3.05) is 0 Å². The summed E-state index contributed by atoms with van der Waals surface area (Å²) < 4.78 is 5.08. The monoisotopic (exact) mass is 188 g/mol. The normalized spacial score (nSPS) is 13.7. The van der Waals surface area contributed by atoms with Gasteiger partial charge in [0, 0.05) is 6.04 Å². The summed E-state index contributed by atoms with van der Waals surface area (Å²) in [5.41, 5.74) is -0.484. The second-order valence-corrected chi connectivity index (χ2v) is 4.14. The maximum Gasteiger partial charge on any atom is 0.424 e. The molecule has 0 heterocycles. The second kappa shape index (κ2) is 4.46. The van der Waals surface area contributed by atoms with Crippen LogP contribution in [-0.2, 0) is 4.74 Å². The van der Waals surface area contributed by atoms with Crippen molar-refractivity contribution in [3.05, 3.63) is 0 Å². The van der Waals surface area contributed by atoms with Crippen LogP contribution in [0.25, 0.3) is 0 Å². The van der Waals surface area contributed by atoms with Gasteiger partial charge in [-0.25, -0.2) is 15.6 Å². The Labute approximate surface area is 80.0 Å². The molecule has 1 atom stereocenters. The van der Waals surface area contributed by atoms with Gasteiger partial charge in [0.25, 0.3) is 0 Å². The minimum Gasteiger partial charge on any atom is -0.443 e. The first-order valence-electron chi connectivity index (χ1n) is 4.55. The predicted octanol–water partition coefficient (Wildman–Crippen LogP) is 1.90. The molecule has 0 aliphatic rings. The van der Waals surface area contributed by atoms with E-state index in [9.17, 15) is 4.79 Å². The summed E-state index contributed by atoms with van der Waals surface area (Å²) >= 11 is 0. The third kappa shape index (κ3) is 4.72. The van der Waals surface area contributed by atoms with Crippen LogP contribution in [0.2, 0.25) is 0 Å². The van der Waals surface area contributed by atoms with Gasteiger partial charge in [0.2, 0.25) is 0 Å². The number of hydrogen-bond acceptors (Lipinski definition) is 3. The Balaban J connectivity index is 4.12. The third-order valence-corrected chi connectivity index (χ3v) is 1.67. The Kier molecular flexibility index (Phi) is 4.20. The summed E-state index contributed by atoms with van der Waals surface area (Å²) in [7, 11) is 0. The molecule has 0 saturated carbocycles. The molecular weight excluding hydrogens is 168 g/mol. The summed E-state index contributed by atoms with van der Waals surface area (Å²) in [5.74, 6) is 5.54. The predicted molar refractivity (Wildman–Crippen MR) is 52.0 cm³/mol. The highest BCUT2D eigenvalue weighted by Gasteiger charge is 2.22. The SMILES string of the molecule is CCC(C)N(N)C(=O)OC(C)(C)C. The molecule has 0 spiro atoms. The lowest BCUT2D eigenvalue weighted by Crippen LogP contribution is -2.46. The Bertz CT molecular complexity index is 175. The molecule has 0 radical (unpaired) electrons. The Morgan fingerprint density at radius 2 is 2.00 bits per heavy atom. The average molecular weight is 188 g/mol. The van der Waals surface area contributed by atoms with Crippen molar-refractivity contribution in [2.24, 2.45) is 5.84 Å². The number of nitrogens with zero attached hydrogens (tertiary/aromatic N) is 1. The first-order valence-corrected chi connectivity index (χ1v) is 4.55. The molecule has 2 N–H and O–H groups in total. The van der Waals surface area contributed by atoms with Crippen LogP contribution in [-0.4, -0.2) is 22.7 Å². The molecule has 0 bridgehead atoms. The van der Waals surface area contributed by atoms with E-state index in [2.05, 4.69) is 0 Å². The van der Waals surface area contributed by atoms with Gasteiger partial charge in [-0.2, -0.15) is 0 Å². The van der Waals surface area contributed by atoms with Crippen molar-refractivity contribution in [1.29, 1.82) is 0 Å². The fourth-order valence-electron chi connectivity index (χ4n) is 0.691. The highest BCUT2D eigenvalue weighted by Crippen LogP contribution is 2.10. The molecule has 0 aromatic heterocycles. The molecule has 78 valence electrons. The van der Waals surface area contributed by atoms with Gasteiger partial charge < -0.3 is 4.74 Å². The van der Waals surface area contributed by atoms with E-state index in [1.807, 2.05) is 34.6 Å². The quantitative estimate of drug-likeness (QED) is 0.409. The van der Waals surface area contributed by atoms with Gasteiger partial charge in [-0.05, 0) is 34.1 Å². The van der Waals surface area contributed by atoms with Gasteiger partial charge in [-0.3, -0.25) is 0 Å². The van der Waals surface area contributed by atoms with Gasteiger partial charge in [-0.15, -0.1) is 0 Å². The zero-order valence-electron chi connectivity index (χ0n) is 9.13. The molecule has 0 aromatic rings. The van der Waals surface area contributed by atoms with E-state index in [1.165, 1.54) is 0 Å². The third-order valence-electron chi connectivity index (χ3n) is 1.67. The lowest BCUT2D eigenvalue weighted by Gasteiger charge is -2.27. The molecule has 13 heavy (non-hydrogen) atoms. The van der Waals surface area contributed by atoms with Crippen LogP contribution in [0.15, 0.2) is 0 Å². The van der Waals surface area contributed by atoms with Gasteiger partial charge in [0.1, 0.15) is 5.60 Å². The van der Waals surface area contributed by atoms with Crippen molar-refractivity contribution in [3.8, 4) is 0 Å². The van der Waals surface area contributed by atoms with Gasteiger partial charge in [0.05, 0.1) is 0 Å². The molecule has 4 heteroatoms.